The normalized spacial score (nSPS) is 11.6. The van der Waals surface area contributed by atoms with Crippen molar-refractivity contribution in [3.63, 3.8) is 0 Å². The number of hydrogen-bond acceptors (Lipinski definition) is 5. The molecule has 0 fully saturated rings. The maximum atomic E-state index is 14.3. The molecule has 2 rings (SSSR count). The summed E-state index contributed by atoms with van der Waals surface area (Å²) in [5.74, 6) is 1.82. The highest BCUT2D eigenvalue weighted by atomic mass is 28.4. The molecule has 0 radical (unpaired) electrons. The van der Waals surface area contributed by atoms with Crippen molar-refractivity contribution < 1.29 is 32.2 Å². The van der Waals surface area contributed by atoms with E-state index in [-0.39, 0.29) is 33.2 Å². The lowest BCUT2D eigenvalue weighted by atomic mass is 9.97. The SMILES string of the molecule is COc1ccc(C(=C(F)F)c2cc(OC)c(OC)c(OC)c2)cc1O[Si](C)(C)C(C)(C)C. The Hall–Kier alpha value is -2.74. The van der Waals surface area contributed by atoms with Gasteiger partial charge in [-0.1, -0.05) is 26.8 Å². The van der Waals surface area contributed by atoms with Gasteiger partial charge in [-0.2, -0.15) is 8.78 Å². The predicted molar refractivity (Wildman–Crippen MR) is 125 cm³/mol. The molecule has 176 valence electrons. The molecule has 0 bridgehead atoms. The third-order valence-electron chi connectivity index (χ3n) is 5.77. The van der Waals surface area contributed by atoms with Gasteiger partial charge in [-0.15, -0.1) is 0 Å². The standard InChI is InChI=1S/C24H32F2O5Si/c1-24(2,3)32(8,9)31-18-12-15(10-11-17(18)27-4)21(23(25)26)16-13-19(28-5)22(30-7)20(14-16)29-6/h10-14H,1-9H3. The lowest BCUT2D eigenvalue weighted by molar-refractivity contribution is 0.324. The van der Waals surface area contributed by atoms with Crippen molar-refractivity contribution in [1.82, 2.24) is 0 Å². The topological polar surface area (TPSA) is 46.2 Å². The van der Waals surface area contributed by atoms with Crippen LogP contribution in [0.1, 0.15) is 31.9 Å². The summed E-state index contributed by atoms with van der Waals surface area (Å²) in [6.45, 7) is 10.5. The summed E-state index contributed by atoms with van der Waals surface area (Å²) >= 11 is 0. The summed E-state index contributed by atoms with van der Waals surface area (Å²) in [4.78, 5) is 0. The van der Waals surface area contributed by atoms with Crippen molar-refractivity contribution >= 4 is 13.9 Å². The quantitative estimate of drug-likeness (QED) is 0.402. The Kier molecular flexibility index (Phi) is 7.82. The van der Waals surface area contributed by atoms with Crippen LogP contribution < -0.4 is 23.4 Å². The molecule has 8 heteroatoms. The van der Waals surface area contributed by atoms with Crippen molar-refractivity contribution in [3.8, 4) is 28.7 Å². The Labute approximate surface area is 190 Å². The van der Waals surface area contributed by atoms with Gasteiger partial charge in [-0.25, -0.2) is 0 Å². The largest absolute Gasteiger partial charge is 0.541 e. The average Bonchev–Trinajstić information content (AvgIpc) is 2.71. The smallest absolute Gasteiger partial charge is 0.278 e. The number of benzene rings is 2. The highest BCUT2D eigenvalue weighted by Crippen LogP contribution is 2.44. The van der Waals surface area contributed by atoms with E-state index in [9.17, 15) is 8.78 Å². The maximum absolute atomic E-state index is 14.3. The van der Waals surface area contributed by atoms with Gasteiger partial charge >= 0.3 is 0 Å². The first kappa shape index (κ1) is 25.5. The van der Waals surface area contributed by atoms with Crippen LogP contribution in [-0.2, 0) is 0 Å². The molecule has 2 aromatic carbocycles. The van der Waals surface area contributed by atoms with Crippen LogP contribution in [0.15, 0.2) is 36.4 Å². The molecule has 0 saturated heterocycles. The number of ether oxygens (including phenoxy) is 4. The first-order valence-corrected chi connectivity index (χ1v) is 13.0. The molecule has 0 unspecified atom stereocenters. The molecule has 0 spiro atoms. The van der Waals surface area contributed by atoms with Crippen LogP contribution >= 0.6 is 0 Å². The van der Waals surface area contributed by atoms with E-state index in [0.29, 0.717) is 17.2 Å². The van der Waals surface area contributed by atoms with E-state index in [0.717, 1.165) is 0 Å². The molecule has 0 amide bonds. The molecule has 0 aromatic heterocycles. The van der Waals surface area contributed by atoms with Crippen LogP contribution in [0.25, 0.3) is 5.57 Å². The Bertz CT molecular complexity index is 967. The highest BCUT2D eigenvalue weighted by molar-refractivity contribution is 6.74. The summed E-state index contributed by atoms with van der Waals surface area (Å²) in [6.07, 6.45) is -1.84. The van der Waals surface area contributed by atoms with E-state index in [1.54, 1.807) is 18.2 Å². The summed E-state index contributed by atoms with van der Waals surface area (Å²) in [6, 6.07) is 7.80. The van der Waals surface area contributed by atoms with E-state index >= 15 is 0 Å². The Morgan fingerprint density at radius 1 is 0.719 bits per heavy atom. The minimum Gasteiger partial charge on any atom is -0.541 e. The van der Waals surface area contributed by atoms with Gasteiger partial charge in [0.1, 0.15) is 5.75 Å². The Morgan fingerprint density at radius 3 is 1.62 bits per heavy atom. The van der Waals surface area contributed by atoms with Gasteiger partial charge in [0.25, 0.3) is 14.4 Å². The van der Waals surface area contributed by atoms with Crippen molar-refractivity contribution in [1.29, 1.82) is 0 Å². The van der Waals surface area contributed by atoms with Crippen molar-refractivity contribution in [2.75, 3.05) is 28.4 Å². The second-order valence-corrected chi connectivity index (χ2v) is 13.5. The first-order chi connectivity index (χ1) is 14.9. The van der Waals surface area contributed by atoms with Crippen LogP contribution in [0.3, 0.4) is 0 Å². The summed E-state index contributed by atoms with van der Waals surface area (Å²) in [5.41, 5.74) is 0.253. The number of methoxy groups -OCH3 is 4. The Morgan fingerprint density at radius 2 is 1.22 bits per heavy atom. The summed E-state index contributed by atoms with van der Waals surface area (Å²) < 4.78 is 56.4. The van der Waals surface area contributed by atoms with Crippen molar-refractivity contribution in [3.05, 3.63) is 47.5 Å². The van der Waals surface area contributed by atoms with E-state index in [2.05, 4.69) is 33.9 Å². The van der Waals surface area contributed by atoms with E-state index in [1.165, 1.54) is 40.6 Å². The molecule has 0 aliphatic carbocycles. The van der Waals surface area contributed by atoms with Gasteiger partial charge < -0.3 is 23.4 Å². The van der Waals surface area contributed by atoms with E-state index < -0.39 is 14.4 Å². The van der Waals surface area contributed by atoms with Gasteiger partial charge in [0.2, 0.25) is 5.75 Å². The molecular weight excluding hydrogens is 434 g/mol. The molecule has 2 aromatic rings. The fourth-order valence-electron chi connectivity index (χ4n) is 2.95. The van der Waals surface area contributed by atoms with Gasteiger partial charge in [-0.3, -0.25) is 0 Å². The maximum Gasteiger partial charge on any atom is 0.278 e. The molecule has 0 saturated carbocycles. The minimum atomic E-state index is -2.24. The second kappa shape index (κ2) is 9.81. The zero-order chi connectivity index (χ0) is 24.3. The van der Waals surface area contributed by atoms with Gasteiger partial charge in [0.15, 0.2) is 17.2 Å². The average molecular weight is 467 g/mol. The molecule has 5 nitrogen and oxygen atoms in total. The number of hydrogen-bond donors (Lipinski definition) is 0. The lowest BCUT2D eigenvalue weighted by Crippen LogP contribution is -2.43. The lowest BCUT2D eigenvalue weighted by Gasteiger charge is -2.36. The molecule has 0 atom stereocenters. The first-order valence-electron chi connectivity index (χ1n) is 10.1. The van der Waals surface area contributed by atoms with Crippen LogP contribution in [0.4, 0.5) is 8.78 Å². The zero-order valence-corrected chi connectivity index (χ0v) is 21.2. The highest BCUT2D eigenvalue weighted by Gasteiger charge is 2.39. The van der Waals surface area contributed by atoms with Crippen molar-refractivity contribution in [2.24, 2.45) is 0 Å². The van der Waals surface area contributed by atoms with Crippen LogP contribution in [-0.4, -0.2) is 36.8 Å². The number of rotatable bonds is 8. The van der Waals surface area contributed by atoms with E-state index in [4.69, 9.17) is 23.4 Å². The predicted octanol–water partition coefficient (Wildman–Crippen LogP) is 6.76. The fraction of sp³-hybridized carbons (Fsp3) is 0.417. The van der Waals surface area contributed by atoms with Crippen LogP contribution in [0.5, 0.6) is 28.7 Å². The molecule has 32 heavy (non-hydrogen) atoms. The molecule has 0 aliphatic heterocycles. The molecule has 0 N–H and O–H groups in total. The minimum absolute atomic E-state index is 0.0747. The third kappa shape index (κ3) is 5.18. The van der Waals surface area contributed by atoms with E-state index in [1.807, 2.05) is 0 Å². The van der Waals surface area contributed by atoms with Crippen LogP contribution in [0, 0.1) is 0 Å². The third-order valence-corrected chi connectivity index (χ3v) is 10.1. The van der Waals surface area contributed by atoms with Gasteiger partial charge in [0, 0.05) is 0 Å². The fourth-order valence-corrected chi connectivity index (χ4v) is 3.97. The van der Waals surface area contributed by atoms with Crippen LogP contribution in [0.2, 0.25) is 18.1 Å². The van der Waals surface area contributed by atoms with Gasteiger partial charge in [-0.05, 0) is 53.5 Å². The molecule has 0 aliphatic rings. The summed E-state index contributed by atoms with van der Waals surface area (Å²) in [7, 11) is 3.62. The molecule has 0 heterocycles. The van der Waals surface area contributed by atoms with Crippen molar-refractivity contribution in [2.45, 2.75) is 38.9 Å². The second-order valence-electron chi connectivity index (χ2n) is 8.78. The zero-order valence-electron chi connectivity index (χ0n) is 20.2. The monoisotopic (exact) mass is 466 g/mol. The summed E-state index contributed by atoms with van der Waals surface area (Å²) in [5, 5.41) is -0.0747. The molecular formula is C24H32F2O5Si. The Balaban J connectivity index is 2.68. The van der Waals surface area contributed by atoms with Gasteiger partial charge in [0.05, 0.1) is 34.0 Å². The number of halogens is 2.